The second-order valence-electron chi connectivity index (χ2n) is 3.52. The smallest absolute Gasteiger partial charge is 0.337 e. The molecule has 0 radical (unpaired) electrons. The van der Waals surface area contributed by atoms with Crippen LogP contribution < -0.4 is 5.43 Å². The average molecular weight is 250 g/mol. The maximum absolute atomic E-state index is 11.2. The number of carbonyl (C=O) groups excluding carboxylic acids is 2. The molecule has 0 saturated heterocycles. The van der Waals surface area contributed by atoms with Crippen LogP contribution in [0, 0.1) is 0 Å². The van der Waals surface area contributed by atoms with Gasteiger partial charge in [0.1, 0.15) is 6.10 Å². The predicted molar refractivity (Wildman–Crippen MR) is 65.2 cm³/mol. The van der Waals surface area contributed by atoms with Crippen LogP contribution in [0.2, 0.25) is 0 Å². The number of carbonyl (C=O) groups is 2. The van der Waals surface area contributed by atoms with Gasteiger partial charge >= 0.3 is 5.97 Å². The molecule has 1 amide bonds. The minimum absolute atomic E-state index is 0.416. The van der Waals surface area contributed by atoms with Gasteiger partial charge in [-0.1, -0.05) is 12.1 Å². The Kier molecular flexibility index (Phi) is 5.01. The molecule has 6 nitrogen and oxygen atoms in total. The van der Waals surface area contributed by atoms with E-state index in [1.807, 2.05) is 0 Å². The van der Waals surface area contributed by atoms with Crippen LogP contribution in [-0.2, 0) is 9.53 Å². The third-order valence-electron chi connectivity index (χ3n) is 2.10. The van der Waals surface area contributed by atoms with E-state index >= 15 is 0 Å². The van der Waals surface area contributed by atoms with Crippen molar-refractivity contribution in [3.63, 3.8) is 0 Å². The molecule has 96 valence electrons. The summed E-state index contributed by atoms with van der Waals surface area (Å²) in [7, 11) is 1.31. The molecule has 1 rings (SSSR count). The molecule has 2 N–H and O–H groups in total. The molecular formula is C12H14N2O4. The van der Waals surface area contributed by atoms with Gasteiger partial charge in [-0.15, -0.1) is 0 Å². The fourth-order valence-electron chi connectivity index (χ4n) is 1.09. The molecule has 0 aromatic heterocycles. The largest absolute Gasteiger partial charge is 0.465 e. The number of hydrogen-bond donors (Lipinski definition) is 2. The fourth-order valence-corrected chi connectivity index (χ4v) is 1.09. The Morgan fingerprint density at radius 2 is 2.00 bits per heavy atom. The molecule has 0 aliphatic carbocycles. The molecule has 18 heavy (non-hydrogen) atoms. The highest BCUT2D eigenvalue weighted by atomic mass is 16.5. The van der Waals surface area contributed by atoms with Gasteiger partial charge in [-0.2, -0.15) is 5.10 Å². The Hall–Kier alpha value is -2.21. The molecule has 0 saturated carbocycles. The number of methoxy groups -OCH3 is 1. The molecule has 0 aliphatic heterocycles. The van der Waals surface area contributed by atoms with Crippen LogP contribution in [0.4, 0.5) is 0 Å². The fraction of sp³-hybridized carbons (Fsp3) is 0.250. The van der Waals surface area contributed by atoms with E-state index < -0.39 is 18.0 Å². The molecule has 0 bridgehead atoms. The first-order valence-corrected chi connectivity index (χ1v) is 5.24. The van der Waals surface area contributed by atoms with Gasteiger partial charge in [0.25, 0.3) is 5.91 Å². The Morgan fingerprint density at radius 3 is 2.50 bits per heavy atom. The van der Waals surface area contributed by atoms with Gasteiger partial charge in [0.15, 0.2) is 0 Å². The monoisotopic (exact) mass is 250 g/mol. The van der Waals surface area contributed by atoms with Gasteiger partial charge in [0.2, 0.25) is 0 Å². The van der Waals surface area contributed by atoms with Crippen LogP contribution in [0.5, 0.6) is 0 Å². The zero-order valence-corrected chi connectivity index (χ0v) is 10.1. The Bertz CT molecular complexity index is 452. The number of esters is 1. The average Bonchev–Trinajstić information content (AvgIpc) is 2.38. The summed E-state index contributed by atoms with van der Waals surface area (Å²) in [4.78, 5) is 22.1. The summed E-state index contributed by atoms with van der Waals surface area (Å²) < 4.78 is 4.56. The summed E-state index contributed by atoms with van der Waals surface area (Å²) in [5.41, 5.74) is 3.30. The van der Waals surface area contributed by atoms with E-state index in [4.69, 9.17) is 5.11 Å². The van der Waals surface area contributed by atoms with E-state index in [1.165, 1.54) is 20.2 Å². The van der Waals surface area contributed by atoms with E-state index in [0.29, 0.717) is 11.1 Å². The Morgan fingerprint density at radius 1 is 1.39 bits per heavy atom. The quantitative estimate of drug-likeness (QED) is 0.457. The van der Waals surface area contributed by atoms with Crippen LogP contribution in [0.15, 0.2) is 29.4 Å². The lowest BCUT2D eigenvalue weighted by Gasteiger charge is -2.01. The molecule has 0 fully saturated rings. The lowest BCUT2D eigenvalue weighted by atomic mass is 10.1. The highest BCUT2D eigenvalue weighted by Crippen LogP contribution is 2.03. The number of hydrazone groups is 1. The van der Waals surface area contributed by atoms with Crippen molar-refractivity contribution in [2.75, 3.05) is 7.11 Å². The highest BCUT2D eigenvalue weighted by Gasteiger charge is 2.06. The molecule has 1 atom stereocenters. The SMILES string of the molecule is COC(=O)c1ccc(/C=N\NC(=O)[C@@H](C)O)cc1. The van der Waals surface area contributed by atoms with Crippen LogP contribution in [0.1, 0.15) is 22.8 Å². The van der Waals surface area contributed by atoms with Crippen LogP contribution >= 0.6 is 0 Å². The molecule has 0 heterocycles. The van der Waals surface area contributed by atoms with E-state index in [1.54, 1.807) is 24.3 Å². The number of rotatable bonds is 4. The number of nitrogens with zero attached hydrogens (tertiary/aromatic N) is 1. The standard InChI is InChI=1S/C12H14N2O4/c1-8(15)11(16)14-13-7-9-3-5-10(6-4-9)12(17)18-2/h3-8,15H,1-2H3,(H,14,16)/b13-7-/t8-/m1/s1. The molecule has 1 aromatic carbocycles. The first-order valence-electron chi connectivity index (χ1n) is 5.24. The predicted octanol–water partition coefficient (Wildman–Crippen LogP) is 0.304. The zero-order valence-electron chi connectivity index (χ0n) is 10.1. The van der Waals surface area contributed by atoms with Crippen molar-refractivity contribution in [2.24, 2.45) is 5.10 Å². The van der Waals surface area contributed by atoms with Crippen molar-refractivity contribution < 1.29 is 19.4 Å². The maximum atomic E-state index is 11.2. The van der Waals surface area contributed by atoms with Gasteiger partial charge in [-0.25, -0.2) is 10.2 Å². The van der Waals surface area contributed by atoms with Crippen molar-refractivity contribution in [1.29, 1.82) is 0 Å². The third kappa shape index (κ3) is 3.99. The number of nitrogens with one attached hydrogen (secondary N) is 1. The van der Waals surface area contributed by atoms with Crippen LogP contribution in [0.3, 0.4) is 0 Å². The summed E-state index contributed by atoms with van der Waals surface area (Å²) in [6.45, 7) is 1.34. The van der Waals surface area contributed by atoms with Gasteiger partial charge in [0, 0.05) is 0 Å². The van der Waals surface area contributed by atoms with Crippen LogP contribution in [0.25, 0.3) is 0 Å². The summed E-state index contributed by atoms with van der Waals surface area (Å²) in [5.74, 6) is -1.00. The molecule has 0 spiro atoms. The number of benzene rings is 1. The summed E-state index contributed by atoms with van der Waals surface area (Å²) >= 11 is 0. The molecular weight excluding hydrogens is 236 g/mol. The summed E-state index contributed by atoms with van der Waals surface area (Å²) in [6.07, 6.45) is 0.297. The number of amides is 1. The molecule has 0 aliphatic rings. The summed E-state index contributed by atoms with van der Waals surface area (Å²) in [6, 6.07) is 6.49. The second kappa shape index (κ2) is 6.51. The maximum Gasteiger partial charge on any atom is 0.337 e. The van der Waals surface area contributed by atoms with Gasteiger partial charge in [0.05, 0.1) is 18.9 Å². The molecule has 1 aromatic rings. The Labute approximate surface area is 104 Å². The minimum Gasteiger partial charge on any atom is -0.465 e. The topological polar surface area (TPSA) is 88.0 Å². The lowest BCUT2D eigenvalue weighted by Crippen LogP contribution is -2.28. The van der Waals surface area contributed by atoms with Crippen molar-refractivity contribution in [3.8, 4) is 0 Å². The summed E-state index contributed by atoms with van der Waals surface area (Å²) in [5, 5.41) is 12.6. The highest BCUT2D eigenvalue weighted by molar-refractivity contribution is 5.90. The van der Waals surface area contributed by atoms with E-state index in [9.17, 15) is 9.59 Å². The second-order valence-corrected chi connectivity index (χ2v) is 3.52. The van der Waals surface area contributed by atoms with E-state index in [2.05, 4.69) is 15.3 Å². The first-order chi connectivity index (χ1) is 8.54. The number of aliphatic hydroxyl groups is 1. The number of aliphatic hydroxyl groups excluding tert-OH is 1. The lowest BCUT2D eigenvalue weighted by molar-refractivity contribution is -0.128. The molecule has 0 unspecified atom stereocenters. The number of ether oxygens (including phenoxy) is 1. The first kappa shape index (κ1) is 13.9. The van der Waals surface area contributed by atoms with E-state index in [0.717, 1.165) is 0 Å². The normalized spacial score (nSPS) is 12.2. The Balaban J connectivity index is 2.61. The van der Waals surface area contributed by atoms with Crippen molar-refractivity contribution in [1.82, 2.24) is 5.43 Å². The van der Waals surface area contributed by atoms with Crippen molar-refractivity contribution >= 4 is 18.1 Å². The third-order valence-corrected chi connectivity index (χ3v) is 2.10. The molecule has 6 heteroatoms. The van der Waals surface area contributed by atoms with E-state index in [-0.39, 0.29) is 0 Å². The van der Waals surface area contributed by atoms with Gasteiger partial charge in [-0.3, -0.25) is 4.79 Å². The van der Waals surface area contributed by atoms with Crippen molar-refractivity contribution in [3.05, 3.63) is 35.4 Å². The van der Waals surface area contributed by atoms with Crippen LogP contribution in [-0.4, -0.2) is 36.4 Å². The zero-order chi connectivity index (χ0) is 13.5. The minimum atomic E-state index is -1.11. The van der Waals surface area contributed by atoms with Crippen molar-refractivity contribution in [2.45, 2.75) is 13.0 Å². The number of hydrogen-bond acceptors (Lipinski definition) is 5. The van der Waals surface area contributed by atoms with Gasteiger partial charge in [-0.05, 0) is 24.6 Å². The van der Waals surface area contributed by atoms with Gasteiger partial charge < -0.3 is 9.84 Å².